The lowest BCUT2D eigenvalue weighted by molar-refractivity contribution is -0.145. The van der Waals surface area contributed by atoms with Crippen molar-refractivity contribution in [3.63, 3.8) is 0 Å². The van der Waals surface area contributed by atoms with Crippen molar-refractivity contribution in [1.29, 1.82) is 5.26 Å². The van der Waals surface area contributed by atoms with E-state index in [0.717, 1.165) is 0 Å². The van der Waals surface area contributed by atoms with Crippen molar-refractivity contribution in [1.82, 2.24) is 9.21 Å². The average molecular weight is 371 g/mol. The van der Waals surface area contributed by atoms with Gasteiger partial charge in [0.1, 0.15) is 6.07 Å². The van der Waals surface area contributed by atoms with Crippen molar-refractivity contribution in [3.05, 3.63) is 42.0 Å². The molecule has 2 heterocycles. The van der Waals surface area contributed by atoms with Gasteiger partial charge in [-0.25, -0.2) is 8.42 Å². The highest BCUT2D eigenvalue weighted by molar-refractivity contribution is 7.89. The lowest BCUT2D eigenvalue weighted by Crippen LogP contribution is -2.62. The van der Waals surface area contributed by atoms with Crippen LogP contribution in [-0.4, -0.2) is 48.6 Å². The fourth-order valence-electron chi connectivity index (χ4n) is 3.89. The topological polar surface area (TPSA) is 98.5 Å². The molecule has 7 nitrogen and oxygen atoms in total. The third-order valence-electron chi connectivity index (χ3n) is 5.36. The number of nitrogens with zero attached hydrogens (tertiary/aromatic N) is 3. The van der Waals surface area contributed by atoms with Gasteiger partial charge in [0.2, 0.25) is 21.8 Å². The predicted octanol–water partition coefficient (Wildman–Crippen LogP) is 0.882. The van der Waals surface area contributed by atoms with Gasteiger partial charge in [-0.15, -0.1) is 0 Å². The molecule has 0 spiro atoms. The molecular weight excluding hydrogens is 354 g/mol. The van der Waals surface area contributed by atoms with Gasteiger partial charge in [0.15, 0.2) is 0 Å². The molecule has 2 atom stereocenters. The van der Waals surface area contributed by atoms with E-state index in [0.29, 0.717) is 12.8 Å². The number of fused-ring (bicyclic) bond motifs is 1. The van der Waals surface area contributed by atoms with Crippen LogP contribution in [0.15, 0.2) is 41.3 Å². The Hall–Kier alpha value is -2.50. The molecule has 2 saturated heterocycles. The Morgan fingerprint density at radius 3 is 2.15 bits per heavy atom. The van der Waals surface area contributed by atoms with E-state index in [1.165, 1.54) is 21.3 Å². The largest absolute Gasteiger partial charge is 0.276 e. The van der Waals surface area contributed by atoms with Crippen LogP contribution in [0.2, 0.25) is 0 Å². The zero-order valence-corrected chi connectivity index (χ0v) is 14.7. The molecule has 0 radical (unpaired) electrons. The molecule has 134 valence electrons. The summed E-state index contributed by atoms with van der Waals surface area (Å²) >= 11 is 0. The first kappa shape index (κ1) is 16.9. The van der Waals surface area contributed by atoms with Gasteiger partial charge in [0.25, 0.3) is 0 Å². The highest BCUT2D eigenvalue weighted by atomic mass is 32.2. The number of sulfonamides is 1. The summed E-state index contributed by atoms with van der Waals surface area (Å²) in [4.78, 5) is 26.4. The van der Waals surface area contributed by atoms with Crippen LogP contribution in [-0.2, 0) is 19.6 Å². The molecule has 1 aliphatic carbocycles. The zero-order valence-electron chi connectivity index (χ0n) is 13.9. The van der Waals surface area contributed by atoms with Crippen LogP contribution in [0.3, 0.4) is 0 Å². The van der Waals surface area contributed by atoms with E-state index in [9.17, 15) is 18.0 Å². The van der Waals surface area contributed by atoms with Crippen molar-refractivity contribution < 1.29 is 18.0 Å². The summed E-state index contributed by atoms with van der Waals surface area (Å²) in [5.41, 5.74) is 0.0846. The first-order chi connectivity index (χ1) is 12.4. The Bertz CT molecular complexity index is 931. The van der Waals surface area contributed by atoms with Gasteiger partial charge in [-0.2, -0.15) is 9.57 Å². The molecule has 26 heavy (non-hydrogen) atoms. The van der Waals surface area contributed by atoms with Gasteiger partial charge in [-0.05, 0) is 25.0 Å². The maximum absolute atomic E-state index is 12.7. The maximum atomic E-state index is 12.7. The highest BCUT2D eigenvalue weighted by Crippen LogP contribution is 2.38. The summed E-state index contributed by atoms with van der Waals surface area (Å²) in [6, 6.07) is 7.48. The zero-order chi connectivity index (χ0) is 18.5. The van der Waals surface area contributed by atoms with E-state index in [1.807, 2.05) is 18.2 Å². The molecule has 1 aromatic rings. The number of amides is 2. The van der Waals surface area contributed by atoms with E-state index in [4.69, 9.17) is 5.26 Å². The number of carbonyl (C=O) groups is 2. The third kappa shape index (κ3) is 2.39. The fraction of sp³-hybridized carbons (Fsp3) is 0.389. The lowest BCUT2D eigenvalue weighted by Gasteiger charge is -2.42. The number of benzene rings is 1. The first-order valence-corrected chi connectivity index (χ1v) is 9.90. The van der Waals surface area contributed by atoms with Crippen molar-refractivity contribution in [2.24, 2.45) is 11.8 Å². The summed E-state index contributed by atoms with van der Waals surface area (Å²) in [5.74, 6) is -0.998. The number of rotatable bonds is 3. The highest BCUT2D eigenvalue weighted by Gasteiger charge is 2.53. The van der Waals surface area contributed by atoms with Gasteiger partial charge >= 0.3 is 0 Å². The smallest absolute Gasteiger partial charge is 0.244 e. The molecule has 0 aromatic heterocycles. The Morgan fingerprint density at radius 1 is 1.00 bits per heavy atom. The van der Waals surface area contributed by atoms with E-state index in [-0.39, 0.29) is 47.2 Å². The van der Waals surface area contributed by atoms with Crippen LogP contribution in [0.5, 0.6) is 0 Å². The van der Waals surface area contributed by atoms with E-state index in [1.54, 1.807) is 12.1 Å². The number of allylic oxidation sites excluding steroid dienone is 2. The van der Waals surface area contributed by atoms with Crippen LogP contribution in [0, 0.1) is 23.2 Å². The minimum absolute atomic E-state index is 0.0436. The number of hydrogen-bond donors (Lipinski definition) is 0. The van der Waals surface area contributed by atoms with Gasteiger partial charge in [0.05, 0.1) is 28.3 Å². The van der Waals surface area contributed by atoms with Gasteiger partial charge < -0.3 is 0 Å². The third-order valence-corrected chi connectivity index (χ3v) is 7.25. The molecule has 4 rings (SSSR count). The minimum atomic E-state index is -3.82. The van der Waals surface area contributed by atoms with Crippen molar-refractivity contribution in [3.8, 4) is 6.07 Å². The Labute approximate surface area is 151 Å². The second-order valence-corrected chi connectivity index (χ2v) is 8.69. The number of nitriles is 1. The summed E-state index contributed by atoms with van der Waals surface area (Å²) in [6.07, 6.45) is 4.98. The summed E-state index contributed by atoms with van der Waals surface area (Å²) in [5, 5.41) is 9.13. The van der Waals surface area contributed by atoms with E-state index < -0.39 is 16.1 Å². The molecule has 2 aliphatic heterocycles. The minimum Gasteiger partial charge on any atom is -0.276 e. The molecule has 2 unspecified atom stereocenters. The van der Waals surface area contributed by atoms with E-state index >= 15 is 0 Å². The molecule has 0 saturated carbocycles. The predicted molar refractivity (Wildman–Crippen MR) is 90.9 cm³/mol. The first-order valence-electron chi connectivity index (χ1n) is 8.46. The van der Waals surface area contributed by atoms with Gasteiger partial charge in [-0.3, -0.25) is 14.5 Å². The number of hydrogen-bond acceptors (Lipinski definition) is 5. The summed E-state index contributed by atoms with van der Waals surface area (Å²) < 4.78 is 26.7. The molecule has 8 heteroatoms. The fourth-order valence-corrected chi connectivity index (χ4v) is 5.54. The second kappa shape index (κ2) is 6.04. The standard InChI is InChI=1S/C18H17N3O4S/c19-9-12-5-1-4-8-16(12)26(24,25)20-10-13(11-20)21-17(22)14-6-2-3-7-15(14)18(21)23/h1-5,8,13-15H,6-7,10-11H2. The quantitative estimate of drug-likeness (QED) is 0.580. The van der Waals surface area contributed by atoms with Gasteiger partial charge in [0, 0.05) is 13.1 Å². The molecule has 2 fully saturated rings. The monoisotopic (exact) mass is 371 g/mol. The summed E-state index contributed by atoms with van der Waals surface area (Å²) in [7, 11) is -3.82. The van der Waals surface area contributed by atoms with Crippen LogP contribution < -0.4 is 0 Å². The van der Waals surface area contributed by atoms with E-state index in [2.05, 4.69) is 0 Å². The Balaban J connectivity index is 1.52. The Kier molecular flexibility index (Phi) is 3.93. The molecule has 1 aromatic carbocycles. The van der Waals surface area contributed by atoms with Crippen molar-refractivity contribution in [2.45, 2.75) is 23.8 Å². The molecule has 0 N–H and O–H groups in total. The number of carbonyl (C=O) groups excluding carboxylic acids is 2. The van der Waals surface area contributed by atoms with Crippen LogP contribution in [0.1, 0.15) is 18.4 Å². The van der Waals surface area contributed by atoms with Crippen LogP contribution in [0.4, 0.5) is 0 Å². The Morgan fingerprint density at radius 2 is 1.58 bits per heavy atom. The number of imide groups is 1. The maximum Gasteiger partial charge on any atom is 0.244 e. The molecule has 2 amide bonds. The molecule has 0 bridgehead atoms. The van der Waals surface area contributed by atoms with Gasteiger partial charge in [-0.1, -0.05) is 24.3 Å². The summed E-state index contributed by atoms with van der Waals surface area (Å²) in [6.45, 7) is 0.152. The van der Waals surface area contributed by atoms with Crippen molar-refractivity contribution >= 4 is 21.8 Å². The lowest BCUT2D eigenvalue weighted by atomic mass is 9.85. The van der Waals surface area contributed by atoms with Crippen LogP contribution >= 0.6 is 0 Å². The number of likely N-dealkylation sites (tertiary alicyclic amines) is 1. The SMILES string of the molecule is N#Cc1ccccc1S(=O)(=O)N1CC(N2C(=O)C3CC=CCC3C2=O)C1. The van der Waals surface area contributed by atoms with Crippen molar-refractivity contribution in [2.75, 3.05) is 13.1 Å². The molecular formula is C18H17N3O4S. The van der Waals surface area contributed by atoms with Crippen LogP contribution in [0.25, 0.3) is 0 Å². The normalized spacial score (nSPS) is 26.5. The molecule has 3 aliphatic rings. The second-order valence-electron chi connectivity index (χ2n) is 6.79. The average Bonchev–Trinajstić information content (AvgIpc) is 2.86.